The second-order valence-electron chi connectivity index (χ2n) is 23.3. The Hall–Kier alpha value is -6.13. The van der Waals surface area contributed by atoms with Crippen molar-refractivity contribution in [3.05, 3.63) is 114 Å². The summed E-state index contributed by atoms with van der Waals surface area (Å²) in [7, 11) is 0. The summed E-state index contributed by atoms with van der Waals surface area (Å²) in [5.74, 6) is -0.387. The third-order valence-electron chi connectivity index (χ3n) is 16.6. The number of anilines is 1. The Labute approximate surface area is 480 Å². The Morgan fingerprint density at radius 2 is 1.81 bits per heavy atom. The highest BCUT2D eigenvalue weighted by molar-refractivity contribution is 7.13. The third-order valence-corrected chi connectivity index (χ3v) is 17.9. The normalized spacial score (nSPS) is 24.1. The quantitative estimate of drug-likeness (QED) is 0.0446. The SMILES string of the molecule is C=CC1(N2CCN(c3nc(OCCN4CCC(COCC(=O)N[C@H](C5OC5N5C[C@H](O)C[C@H]5C(=O)NC(=C)c5ccc(-c6scnc6C)cc5)C(C)(C)C)CC4)nc4c(F)c(-c5cc(O)cc6ccccc56)c(Cl)cc34)[C@@H](C)C2)CO1. The molecule has 4 aromatic carbocycles. The number of nitrogens with zero attached hydrogens (tertiary/aromatic N) is 7. The molecule has 17 nitrogen and oxygen atoms in total. The Kier molecular flexibility index (Phi) is 16.3. The van der Waals surface area contributed by atoms with Crippen molar-refractivity contribution in [1.82, 2.24) is 40.3 Å². The number of phenolic OH excluding ortho intramolecular Hbond substituents is 1. The number of carbonyl (C=O) groups excluding carboxylic acids is 2. The van der Waals surface area contributed by atoms with E-state index in [2.05, 4.69) is 50.4 Å². The number of aliphatic hydroxyl groups is 1. The Morgan fingerprint density at radius 1 is 1.05 bits per heavy atom. The van der Waals surface area contributed by atoms with Gasteiger partial charge in [-0.05, 0) is 109 Å². The highest BCUT2D eigenvalue weighted by atomic mass is 35.5. The number of hydrogen-bond donors (Lipinski definition) is 4. The fraction of sp³-hybridized carbons (Fsp3) is 0.459. The van der Waals surface area contributed by atoms with E-state index in [1.807, 2.05) is 92.7 Å². The predicted octanol–water partition coefficient (Wildman–Crippen LogP) is 8.39. The van der Waals surface area contributed by atoms with Crippen LogP contribution in [0.5, 0.6) is 11.8 Å². The number of carbonyl (C=O) groups is 2. The third kappa shape index (κ3) is 12.1. The maximum Gasteiger partial charge on any atom is 0.319 e. The zero-order valence-electron chi connectivity index (χ0n) is 46.5. The number of benzene rings is 4. The highest BCUT2D eigenvalue weighted by Gasteiger charge is 2.57. The standard InChI is InChI=1S/C61H71ClFN9O8S/c1-8-61(33-79-61)70-21-22-71(35(2)29-70)56-46-28-47(62)50(45-26-42(73)25-41-11-9-10-12-44(41)45)51(63)52(46)67-59(68-56)78-24-23-69-19-17-38(18-20-69)31-77-32-49(75)66-55(60(5,6)7)53-58(80-53)72-30-43(74)27-48(72)57(76)65-36(3)39-13-15-40(16-14-39)54-37(4)64-34-81-54/h8-16,25-26,28,34-35,38,43,48,53,55,58,73-74H,1,3,17-24,27,29-33H2,2,4-7H3,(H,65,76)(H,66,75)/t35-,43+,48-,53?,55+,58?,61?/m0/s1. The van der Waals surface area contributed by atoms with Crippen LogP contribution < -0.4 is 20.3 Å². The Morgan fingerprint density at radius 3 is 2.52 bits per heavy atom. The second-order valence-corrected chi connectivity index (χ2v) is 24.5. The minimum atomic E-state index is -0.713. The molecule has 4 N–H and O–H groups in total. The molecule has 6 aromatic rings. The number of aromatic hydroxyl groups is 1. The first-order valence-corrected chi connectivity index (χ1v) is 29.2. The number of rotatable bonds is 19. The van der Waals surface area contributed by atoms with Crippen LogP contribution in [0.2, 0.25) is 5.02 Å². The summed E-state index contributed by atoms with van der Waals surface area (Å²) in [5, 5.41) is 29.8. The lowest BCUT2D eigenvalue weighted by atomic mass is 9.84. The molecule has 0 radical (unpaired) electrons. The molecule has 0 spiro atoms. The maximum absolute atomic E-state index is 17.3. The van der Waals surface area contributed by atoms with Gasteiger partial charge in [0.2, 0.25) is 11.8 Å². The maximum atomic E-state index is 17.3. The van der Waals surface area contributed by atoms with Gasteiger partial charge in [-0.2, -0.15) is 9.97 Å². The van der Waals surface area contributed by atoms with Gasteiger partial charge in [0.05, 0.1) is 52.5 Å². The molecule has 2 aromatic heterocycles. The molecule has 3 unspecified atom stereocenters. The van der Waals surface area contributed by atoms with Crippen LogP contribution in [-0.4, -0.2) is 166 Å². The molecule has 5 aliphatic heterocycles. The molecule has 20 heteroatoms. The number of epoxide rings is 2. The lowest BCUT2D eigenvalue weighted by molar-refractivity contribution is -0.128. The van der Waals surface area contributed by atoms with Gasteiger partial charge >= 0.3 is 6.01 Å². The fourth-order valence-electron chi connectivity index (χ4n) is 12.0. The molecule has 0 bridgehead atoms. The number of nitrogens with one attached hydrogen (secondary N) is 2. The number of phenols is 1. The van der Waals surface area contributed by atoms with E-state index in [4.69, 9.17) is 40.5 Å². The van der Waals surface area contributed by atoms with E-state index in [0.717, 1.165) is 58.4 Å². The summed E-state index contributed by atoms with van der Waals surface area (Å²) < 4.78 is 41.7. The van der Waals surface area contributed by atoms with Crippen molar-refractivity contribution >= 4 is 67.9 Å². The largest absolute Gasteiger partial charge is 0.508 e. The average molecular weight is 1140 g/mol. The van der Waals surface area contributed by atoms with E-state index in [0.29, 0.717) is 61.9 Å². The molecule has 7 heterocycles. The summed E-state index contributed by atoms with van der Waals surface area (Å²) in [4.78, 5) is 51.0. The molecule has 0 saturated carbocycles. The van der Waals surface area contributed by atoms with Crippen LogP contribution in [0.25, 0.3) is 48.9 Å². The molecule has 5 fully saturated rings. The van der Waals surface area contributed by atoms with Crippen LogP contribution in [0.1, 0.15) is 58.2 Å². The topological polar surface area (TPSA) is 194 Å². The average Bonchev–Trinajstić information content (AvgIpc) is 4.42. The Balaban J connectivity index is 0.674. The molecular weight excluding hydrogens is 1070 g/mol. The number of halogens is 2. The van der Waals surface area contributed by atoms with Crippen LogP contribution >= 0.6 is 22.9 Å². The molecule has 428 valence electrons. The first-order valence-electron chi connectivity index (χ1n) is 27.9. The molecule has 2 amide bonds. The minimum Gasteiger partial charge on any atom is -0.508 e. The summed E-state index contributed by atoms with van der Waals surface area (Å²) in [6, 6.07) is 19.2. The van der Waals surface area contributed by atoms with Crippen LogP contribution in [-0.2, 0) is 23.8 Å². The Bertz CT molecular complexity index is 3350. The second kappa shape index (κ2) is 23.3. The van der Waals surface area contributed by atoms with Crippen LogP contribution in [0.15, 0.2) is 91.5 Å². The highest BCUT2D eigenvalue weighted by Crippen LogP contribution is 2.44. The number of ether oxygens (including phenoxy) is 4. The number of aromatic nitrogens is 3. The summed E-state index contributed by atoms with van der Waals surface area (Å²) in [5.41, 5.74) is 4.87. The number of β-amino-alcohol motifs (C(OH)–C–C–N with tert-alkyl or cyclic N) is 1. The van der Waals surface area contributed by atoms with Crippen LogP contribution in [0, 0.1) is 24.1 Å². The smallest absolute Gasteiger partial charge is 0.319 e. The molecule has 11 rings (SSSR count). The summed E-state index contributed by atoms with van der Waals surface area (Å²) >= 11 is 8.59. The van der Waals surface area contributed by atoms with E-state index in [9.17, 15) is 19.8 Å². The van der Waals surface area contributed by atoms with Gasteiger partial charge in [-0.15, -0.1) is 11.3 Å². The molecule has 0 aliphatic carbocycles. The van der Waals surface area contributed by atoms with Gasteiger partial charge in [0.25, 0.3) is 0 Å². The number of piperazine rings is 1. The summed E-state index contributed by atoms with van der Waals surface area (Å²) in [6.45, 7) is 23.9. The zero-order chi connectivity index (χ0) is 56.9. The number of piperidine rings is 1. The van der Waals surface area contributed by atoms with Crippen LogP contribution in [0.4, 0.5) is 10.2 Å². The van der Waals surface area contributed by atoms with Crippen molar-refractivity contribution in [3.63, 3.8) is 0 Å². The number of amides is 2. The number of aliphatic hydroxyl groups excluding tert-OH is 1. The van der Waals surface area contributed by atoms with Crippen molar-refractivity contribution in [3.8, 4) is 33.3 Å². The van der Waals surface area contributed by atoms with E-state index >= 15 is 4.39 Å². The lowest BCUT2D eigenvalue weighted by Crippen LogP contribution is -2.56. The molecule has 5 saturated heterocycles. The number of hydrogen-bond acceptors (Lipinski definition) is 16. The van der Waals surface area contributed by atoms with Gasteiger partial charge in [-0.1, -0.05) is 94.1 Å². The fourth-order valence-corrected chi connectivity index (χ4v) is 13.1. The number of fused-ring (bicyclic) bond motifs is 2. The van der Waals surface area contributed by atoms with Crippen molar-refractivity contribution in [1.29, 1.82) is 0 Å². The van der Waals surface area contributed by atoms with Crippen LogP contribution in [0.3, 0.4) is 0 Å². The zero-order valence-corrected chi connectivity index (χ0v) is 48.1. The van der Waals surface area contributed by atoms with Crippen molar-refractivity contribution < 1.29 is 43.1 Å². The van der Waals surface area contributed by atoms with E-state index in [1.165, 1.54) is 6.07 Å². The van der Waals surface area contributed by atoms with E-state index in [1.54, 1.807) is 23.5 Å². The first-order chi connectivity index (χ1) is 38.9. The first kappa shape index (κ1) is 56.7. The number of aryl methyl sites for hydroxylation is 1. The molecule has 81 heavy (non-hydrogen) atoms. The van der Waals surface area contributed by atoms with Gasteiger partial charge in [0, 0.05) is 55.4 Å². The minimum absolute atomic E-state index is 0.00995. The summed E-state index contributed by atoms with van der Waals surface area (Å²) in [6.07, 6.45) is 2.25. The lowest BCUT2D eigenvalue weighted by Gasteiger charge is -2.42. The predicted molar refractivity (Wildman–Crippen MR) is 312 cm³/mol. The van der Waals surface area contributed by atoms with E-state index in [-0.39, 0.29) is 83.9 Å². The van der Waals surface area contributed by atoms with Gasteiger partial charge < -0.3 is 44.7 Å². The van der Waals surface area contributed by atoms with Gasteiger partial charge in [0.1, 0.15) is 42.6 Å². The van der Waals surface area contributed by atoms with Crippen molar-refractivity contribution in [2.45, 2.75) is 96.2 Å². The van der Waals surface area contributed by atoms with Crippen molar-refractivity contribution in [2.24, 2.45) is 11.3 Å². The van der Waals surface area contributed by atoms with Crippen molar-refractivity contribution in [2.75, 3.05) is 77.1 Å². The van der Waals surface area contributed by atoms with E-state index < -0.39 is 41.4 Å². The number of thiazole rings is 1. The van der Waals surface area contributed by atoms with Gasteiger partial charge in [-0.25, -0.2) is 9.37 Å². The molecular formula is C61H71ClFN9O8S. The van der Waals surface area contributed by atoms with Gasteiger partial charge in [0.15, 0.2) is 11.5 Å². The molecule has 5 aliphatic rings. The van der Waals surface area contributed by atoms with Gasteiger partial charge in [-0.3, -0.25) is 24.3 Å². The number of likely N-dealkylation sites (tertiary alicyclic amines) is 2. The molecule has 7 atom stereocenters. The monoisotopic (exact) mass is 1140 g/mol.